The van der Waals surface area contributed by atoms with Crippen LogP contribution in [0.25, 0.3) is 10.2 Å². The fraction of sp³-hybridized carbons (Fsp3) is 0.286. The average molecular weight is 494 g/mol. The standard InChI is InChI=1S/C21H20ClN3O5S2/c1-30-20(27)13-4-9-17-18(11-13)31-21(23-17)24-19(26)14-3-2-10-25(12-14)32(28,29)16-7-5-15(22)6-8-16/h4-9,11,14H,2-3,10,12H2,1H3,(H,23,24,26). The topological polar surface area (TPSA) is 106 Å². The van der Waals surface area contributed by atoms with Gasteiger partial charge in [-0.05, 0) is 55.3 Å². The third-order valence-electron chi connectivity index (χ3n) is 5.25. The molecule has 11 heteroatoms. The Balaban J connectivity index is 1.47. The van der Waals surface area contributed by atoms with Gasteiger partial charge in [0.25, 0.3) is 0 Å². The summed E-state index contributed by atoms with van der Waals surface area (Å²) in [7, 11) is -2.41. The van der Waals surface area contributed by atoms with Crippen molar-refractivity contribution in [3.63, 3.8) is 0 Å². The highest BCUT2D eigenvalue weighted by Crippen LogP contribution is 2.29. The molecule has 0 aliphatic carbocycles. The molecule has 2 heterocycles. The lowest BCUT2D eigenvalue weighted by atomic mass is 9.99. The Kier molecular flexibility index (Phi) is 6.47. The lowest BCUT2D eigenvalue weighted by Crippen LogP contribution is -2.43. The summed E-state index contributed by atoms with van der Waals surface area (Å²) in [6.45, 7) is 0.445. The molecule has 1 atom stereocenters. The van der Waals surface area contributed by atoms with Crippen LogP contribution in [0.4, 0.5) is 5.13 Å². The number of thiazole rings is 1. The molecule has 1 aliphatic rings. The molecular weight excluding hydrogens is 474 g/mol. The van der Waals surface area contributed by atoms with Gasteiger partial charge >= 0.3 is 5.97 Å². The highest BCUT2D eigenvalue weighted by molar-refractivity contribution is 7.89. The van der Waals surface area contributed by atoms with Gasteiger partial charge in [0, 0.05) is 18.1 Å². The van der Waals surface area contributed by atoms with Crippen LogP contribution >= 0.6 is 22.9 Å². The van der Waals surface area contributed by atoms with E-state index in [0.717, 1.165) is 4.70 Å². The second kappa shape index (κ2) is 9.14. The first-order valence-corrected chi connectivity index (χ1v) is 12.5. The molecule has 1 amide bonds. The molecular formula is C21H20ClN3O5S2. The van der Waals surface area contributed by atoms with E-state index < -0.39 is 21.9 Å². The molecule has 1 aliphatic heterocycles. The predicted octanol–water partition coefficient (Wildman–Crippen LogP) is 3.78. The fourth-order valence-electron chi connectivity index (χ4n) is 3.56. The first kappa shape index (κ1) is 22.7. The molecule has 168 valence electrons. The van der Waals surface area contributed by atoms with Crippen LogP contribution < -0.4 is 5.32 Å². The number of fused-ring (bicyclic) bond motifs is 1. The van der Waals surface area contributed by atoms with E-state index in [2.05, 4.69) is 10.3 Å². The number of ether oxygens (including phenoxy) is 1. The van der Waals surface area contributed by atoms with Crippen LogP contribution in [-0.4, -0.2) is 49.8 Å². The number of rotatable bonds is 5. The molecule has 32 heavy (non-hydrogen) atoms. The lowest BCUT2D eigenvalue weighted by molar-refractivity contribution is -0.120. The number of nitrogens with one attached hydrogen (secondary N) is 1. The summed E-state index contributed by atoms with van der Waals surface area (Å²) in [6.07, 6.45) is 1.16. The summed E-state index contributed by atoms with van der Waals surface area (Å²) in [5, 5.41) is 3.64. The van der Waals surface area contributed by atoms with Crippen molar-refractivity contribution in [2.75, 3.05) is 25.5 Å². The van der Waals surface area contributed by atoms with Crippen molar-refractivity contribution in [2.45, 2.75) is 17.7 Å². The number of hydrogen-bond donors (Lipinski definition) is 1. The fourth-order valence-corrected chi connectivity index (χ4v) is 6.12. The van der Waals surface area contributed by atoms with Crippen molar-refractivity contribution in [3.8, 4) is 0 Å². The summed E-state index contributed by atoms with van der Waals surface area (Å²) in [4.78, 5) is 29.1. The Hall–Kier alpha value is -2.53. The number of piperidine rings is 1. The molecule has 0 spiro atoms. The molecule has 2 aromatic carbocycles. The van der Waals surface area contributed by atoms with Crippen LogP contribution in [0.5, 0.6) is 0 Å². The number of benzene rings is 2. The first-order valence-electron chi connectivity index (χ1n) is 9.83. The van der Waals surface area contributed by atoms with E-state index in [0.29, 0.717) is 40.6 Å². The molecule has 0 saturated carbocycles. The maximum absolute atomic E-state index is 13.0. The monoisotopic (exact) mass is 493 g/mol. The zero-order valence-electron chi connectivity index (χ0n) is 17.1. The Bertz CT molecular complexity index is 1270. The molecule has 4 rings (SSSR count). The van der Waals surface area contributed by atoms with Gasteiger partial charge in [-0.15, -0.1) is 0 Å². The van der Waals surface area contributed by atoms with E-state index in [1.807, 2.05) is 0 Å². The maximum atomic E-state index is 13.0. The Morgan fingerprint density at radius 1 is 1.22 bits per heavy atom. The summed E-state index contributed by atoms with van der Waals surface area (Å²) in [5.74, 6) is -1.23. The number of methoxy groups -OCH3 is 1. The van der Waals surface area contributed by atoms with Crippen LogP contribution in [0.3, 0.4) is 0 Å². The van der Waals surface area contributed by atoms with Crippen LogP contribution in [-0.2, 0) is 19.6 Å². The summed E-state index contributed by atoms with van der Waals surface area (Å²) >= 11 is 7.10. The van der Waals surface area contributed by atoms with Crippen LogP contribution in [0.2, 0.25) is 5.02 Å². The number of hydrogen-bond acceptors (Lipinski definition) is 7. The number of carbonyl (C=O) groups is 2. The summed E-state index contributed by atoms with van der Waals surface area (Å²) < 4.78 is 32.7. The van der Waals surface area contributed by atoms with Gasteiger partial charge in [0.2, 0.25) is 15.9 Å². The number of carbonyl (C=O) groups excluding carboxylic acids is 2. The smallest absolute Gasteiger partial charge is 0.337 e. The molecule has 8 nitrogen and oxygen atoms in total. The normalized spacial score (nSPS) is 17.2. The Morgan fingerprint density at radius 3 is 2.69 bits per heavy atom. The Morgan fingerprint density at radius 2 is 1.97 bits per heavy atom. The minimum absolute atomic E-state index is 0.0914. The van der Waals surface area contributed by atoms with E-state index >= 15 is 0 Å². The highest BCUT2D eigenvalue weighted by Gasteiger charge is 2.33. The zero-order chi connectivity index (χ0) is 22.9. The van der Waals surface area contributed by atoms with Gasteiger partial charge in [0.1, 0.15) is 0 Å². The van der Waals surface area contributed by atoms with Crippen molar-refractivity contribution in [3.05, 3.63) is 53.1 Å². The predicted molar refractivity (Wildman–Crippen MR) is 123 cm³/mol. The van der Waals surface area contributed by atoms with E-state index in [9.17, 15) is 18.0 Å². The number of sulfonamides is 1. The first-order chi connectivity index (χ1) is 15.3. The minimum Gasteiger partial charge on any atom is -0.465 e. The van der Waals surface area contributed by atoms with E-state index in [1.165, 1.54) is 47.0 Å². The molecule has 1 aromatic heterocycles. The quantitative estimate of drug-likeness (QED) is 0.542. The van der Waals surface area contributed by atoms with Crippen LogP contribution in [0.15, 0.2) is 47.4 Å². The van der Waals surface area contributed by atoms with Crippen molar-refractivity contribution in [1.29, 1.82) is 0 Å². The van der Waals surface area contributed by atoms with Crippen LogP contribution in [0.1, 0.15) is 23.2 Å². The number of nitrogens with zero attached hydrogens (tertiary/aromatic N) is 2. The third kappa shape index (κ3) is 4.63. The summed E-state index contributed by atoms with van der Waals surface area (Å²) in [6, 6.07) is 10.9. The zero-order valence-corrected chi connectivity index (χ0v) is 19.5. The lowest BCUT2D eigenvalue weighted by Gasteiger charge is -2.31. The van der Waals surface area contributed by atoms with Gasteiger partial charge in [-0.2, -0.15) is 4.31 Å². The molecule has 3 aromatic rings. The average Bonchev–Trinajstić information content (AvgIpc) is 3.20. The van der Waals surface area contributed by atoms with Gasteiger partial charge in [-0.3, -0.25) is 4.79 Å². The second-order valence-electron chi connectivity index (χ2n) is 7.34. The van der Waals surface area contributed by atoms with Crippen molar-refractivity contribution < 1.29 is 22.7 Å². The van der Waals surface area contributed by atoms with Gasteiger partial charge in [0.05, 0.1) is 33.7 Å². The van der Waals surface area contributed by atoms with Crippen LogP contribution in [0, 0.1) is 5.92 Å². The number of amides is 1. The highest BCUT2D eigenvalue weighted by atomic mass is 35.5. The largest absolute Gasteiger partial charge is 0.465 e. The van der Waals surface area contributed by atoms with Gasteiger partial charge in [-0.1, -0.05) is 22.9 Å². The van der Waals surface area contributed by atoms with Crippen molar-refractivity contribution in [1.82, 2.24) is 9.29 Å². The molecule has 1 saturated heterocycles. The Labute approximate surface area is 194 Å². The molecule has 0 radical (unpaired) electrons. The number of aromatic nitrogens is 1. The van der Waals surface area contributed by atoms with E-state index in [1.54, 1.807) is 18.2 Å². The molecule has 1 unspecified atom stereocenters. The van der Waals surface area contributed by atoms with E-state index in [4.69, 9.17) is 16.3 Å². The van der Waals surface area contributed by atoms with Gasteiger partial charge in [0.15, 0.2) is 5.13 Å². The third-order valence-corrected chi connectivity index (χ3v) is 8.31. The van der Waals surface area contributed by atoms with Crippen molar-refractivity contribution in [2.24, 2.45) is 5.92 Å². The molecule has 0 bridgehead atoms. The second-order valence-corrected chi connectivity index (χ2v) is 10.7. The van der Waals surface area contributed by atoms with E-state index in [-0.39, 0.29) is 17.3 Å². The summed E-state index contributed by atoms with van der Waals surface area (Å²) in [5.41, 5.74) is 1.05. The number of anilines is 1. The maximum Gasteiger partial charge on any atom is 0.337 e. The number of halogens is 1. The van der Waals surface area contributed by atoms with Gasteiger partial charge < -0.3 is 10.1 Å². The SMILES string of the molecule is COC(=O)c1ccc2nc(NC(=O)C3CCCN(S(=O)(=O)c4ccc(Cl)cc4)C3)sc2c1. The molecule has 1 fully saturated rings. The minimum atomic E-state index is -3.72. The molecule has 1 N–H and O–H groups in total. The van der Waals surface area contributed by atoms with Gasteiger partial charge in [-0.25, -0.2) is 18.2 Å². The van der Waals surface area contributed by atoms with Crippen molar-refractivity contribution >= 4 is 60.2 Å². The number of esters is 1.